The Labute approximate surface area is 145 Å². The molecule has 2 aromatic rings. The molecule has 0 aliphatic heterocycles. The first-order valence-electron chi connectivity index (χ1n) is 8.25. The SMILES string of the molecule is O=C(O)C1[C@@H](c2ccccc2)C(C(=O)OCCO)[C@@H]1c1ccccc1. The smallest absolute Gasteiger partial charge is 0.310 e. The second-order valence-electron chi connectivity index (χ2n) is 6.15. The van der Waals surface area contributed by atoms with E-state index in [1.165, 1.54) is 0 Å². The average Bonchev–Trinajstić information content (AvgIpc) is 2.60. The lowest BCUT2D eigenvalue weighted by Gasteiger charge is -2.49. The normalized spacial score (nSPS) is 25.0. The Hall–Kier alpha value is -2.66. The minimum atomic E-state index is -0.922. The second-order valence-corrected chi connectivity index (χ2v) is 6.15. The highest BCUT2D eigenvalue weighted by molar-refractivity contribution is 5.84. The van der Waals surface area contributed by atoms with Crippen LogP contribution in [0.3, 0.4) is 0 Å². The molecule has 2 aromatic carbocycles. The van der Waals surface area contributed by atoms with Crippen molar-refractivity contribution in [3.05, 3.63) is 71.8 Å². The zero-order valence-electron chi connectivity index (χ0n) is 13.6. The van der Waals surface area contributed by atoms with E-state index in [1.807, 2.05) is 60.7 Å². The summed E-state index contributed by atoms with van der Waals surface area (Å²) < 4.78 is 5.14. The molecule has 1 saturated carbocycles. The van der Waals surface area contributed by atoms with Gasteiger partial charge in [-0.1, -0.05) is 60.7 Å². The van der Waals surface area contributed by atoms with Gasteiger partial charge >= 0.3 is 11.9 Å². The van der Waals surface area contributed by atoms with Gasteiger partial charge in [0.2, 0.25) is 0 Å². The van der Waals surface area contributed by atoms with E-state index in [0.29, 0.717) is 0 Å². The summed E-state index contributed by atoms with van der Waals surface area (Å²) >= 11 is 0. The zero-order valence-corrected chi connectivity index (χ0v) is 13.6. The van der Waals surface area contributed by atoms with Crippen molar-refractivity contribution in [1.29, 1.82) is 0 Å². The lowest BCUT2D eigenvalue weighted by atomic mass is 9.52. The van der Waals surface area contributed by atoms with Gasteiger partial charge in [-0.05, 0) is 11.1 Å². The Bertz CT molecular complexity index is 681. The standard InChI is InChI=1S/C20H20O5/c21-11-12-25-20(24)18-15(13-7-3-1-4-8-13)17(19(22)23)16(18)14-9-5-2-6-10-14/h1-10,15-18,21H,11-12H2,(H,22,23)/t15-,16-,17?,18?/m1/s1. The predicted molar refractivity (Wildman–Crippen MR) is 91.0 cm³/mol. The molecule has 0 aromatic heterocycles. The molecule has 0 amide bonds. The molecule has 0 spiro atoms. The topological polar surface area (TPSA) is 83.8 Å². The van der Waals surface area contributed by atoms with Crippen molar-refractivity contribution in [2.75, 3.05) is 13.2 Å². The van der Waals surface area contributed by atoms with Gasteiger partial charge in [-0.25, -0.2) is 0 Å². The van der Waals surface area contributed by atoms with Crippen LogP contribution in [0, 0.1) is 11.8 Å². The summed E-state index contributed by atoms with van der Waals surface area (Å²) in [5, 5.41) is 18.7. The maximum Gasteiger partial charge on any atom is 0.310 e. The Balaban J connectivity index is 1.99. The number of aliphatic hydroxyl groups is 1. The lowest BCUT2D eigenvalue weighted by Crippen LogP contribution is -2.51. The monoisotopic (exact) mass is 340 g/mol. The van der Waals surface area contributed by atoms with Gasteiger partial charge in [0.25, 0.3) is 0 Å². The molecule has 1 aliphatic carbocycles. The van der Waals surface area contributed by atoms with Gasteiger partial charge in [0.1, 0.15) is 6.61 Å². The van der Waals surface area contributed by atoms with Crippen LogP contribution >= 0.6 is 0 Å². The number of ether oxygens (including phenoxy) is 1. The largest absolute Gasteiger partial charge is 0.481 e. The van der Waals surface area contributed by atoms with E-state index in [1.54, 1.807) is 0 Å². The minimum Gasteiger partial charge on any atom is -0.481 e. The number of aliphatic carboxylic acids is 1. The average molecular weight is 340 g/mol. The van der Waals surface area contributed by atoms with Crippen LogP contribution in [0.5, 0.6) is 0 Å². The van der Waals surface area contributed by atoms with Crippen molar-refractivity contribution in [3.8, 4) is 0 Å². The van der Waals surface area contributed by atoms with Crippen molar-refractivity contribution < 1.29 is 24.5 Å². The number of benzene rings is 2. The van der Waals surface area contributed by atoms with Gasteiger partial charge in [0.15, 0.2) is 0 Å². The number of hydrogen-bond donors (Lipinski definition) is 2. The van der Waals surface area contributed by atoms with Crippen molar-refractivity contribution in [2.24, 2.45) is 11.8 Å². The fraction of sp³-hybridized carbons (Fsp3) is 0.300. The molecule has 1 aliphatic rings. The Morgan fingerprint density at radius 3 is 1.72 bits per heavy atom. The van der Waals surface area contributed by atoms with Crippen LogP contribution in [0.15, 0.2) is 60.7 Å². The first-order chi connectivity index (χ1) is 12.1. The summed E-state index contributed by atoms with van der Waals surface area (Å²) in [6.45, 7) is -0.344. The van der Waals surface area contributed by atoms with Crippen LogP contribution < -0.4 is 0 Å². The van der Waals surface area contributed by atoms with Crippen LogP contribution in [0.2, 0.25) is 0 Å². The number of hydrogen-bond acceptors (Lipinski definition) is 4. The minimum absolute atomic E-state index is 0.0872. The summed E-state index contributed by atoms with van der Waals surface area (Å²) in [5.41, 5.74) is 1.63. The Kier molecular flexibility index (Phi) is 5.14. The van der Waals surface area contributed by atoms with Crippen LogP contribution in [0.25, 0.3) is 0 Å². The molecule has 25 heavy (non-hydrogen) atoms. The summed E-state index contributed by atoms with van der Waals surface area (Å²) in [7, 11) is 0. The maximum absolute atomic E-state index is 12.6. The highest BCUT2D eigenvalue weighted by Gasteiger charge is 2.59. The number of carboxylic acid groups (broad SMARTS) is 1. The number of carbonyl (C=O) groups excluding carboxylic acids is 1. The maximum atomic E-state index is 12.6. The first-order valence-corrected chi connectivity index (χ1v) is 8.25. The van der Waals surface area contributed by atoms with Gasteiger partial charge in [0, 0.05) is 11.8 Å². The molecular weight excluding hydrogens is 320 g/mol. The van der Waals surface area contributed by atoms with Crippen LogP contribution in [0.1, 0.15) is 23.0 Å². The number of rotatable bonds is 6. The molecule has 2 N–H and O–H groups in total. The number of carbonyl (C=O) groups is 2. The van der Waals surface area contributed by atoms with E-state index >= 15 is 0 Å². The highest BCUT2D eigenvalue weighted by Crippen LogP contribution is 2.57. The van der Waals surface area contributed by atoms with Crippen molar-refractivity contribution in [1.82, 2.24) is 0 Å². The summed E-state index contributed by atoms with van der Waals surface area (Å²) in [6.07, 6.45) is 0. The zero-order chi connectivity index (χ0) is 17.8. The third-order valence-electron chi connectivity index (χ3n) is 4.81. The van der Waals surface area contributed by atoms with E-state index < -0.39 is 35.6 Å². The van der Waals surface area contributed by atoms with Gasteiger partial charge in [-0.2, -0.15) is 0 Å². The van der Waals surface area contributed by atoms with E-state index in [2.05, 4.69) is 0 Å². The molecular formula is C20H20O5. The number of aliphatic hydroxyl groups excluding tert-OH is 1. The highest BCUT2D eigenvalue weighted by atomic mass is 16.5. The van der Waals surface area contributed by atoms with Crippen LogP contribution in [-0.4, -0.2) is 35.4 Å². The fourth-order valence-corrected chi connectivity index (χ4v) is 3.77. The molecule has 0 heterocycles. The predicted octanol–water partition coefficient (Wildman–Crippen LogP) is 2.42. The van der Waals surface area contributed by atoms with Gasteiger partial charge in [-0.15, -0.1) is 0 Å². The third-order valence-corrected chi connectivity index (χ3v) is 4.81. The summed E-state index contributed by atoms with van der Waals surface area (Å²) in [4.78, 5) is 24.5. The molecule has 5 heteroatoms. The molecule has 2 atom stereocenters. The van der Waals surface area contributed by atoms with E-state index in [9.17, 15) is 14.7 Å². The van der Waals surface area contributed by atoms with E-state index in [4.69, 9.17) is 9.84 Å². The quantitative estimate of drug-likeness (QED) is 0.789. The van der Waals surface area contributed by atoms with Crippen LogP contribution in [0.4, 0.5) is 0 Å². The molecule has 0 unspecified atom stereocenters. The van der Waals surface area contributed by atoms with Crippen LogP contribution in [-0.2, 0) is 14.3 Å². The van der Waals surface area contributed by atoms with Crippen molar-refractivity contribution in [2.45, 2.75) is 11.8 Å². The van der Waals surface area contributed by atoms with Gasteiger partial charge < -0.3 is 14.9 Å². The molecule has 0 bridgehead atoms. The molecule has 0 radical (unpaired) electrons. The van der Waals surface area contributed by atoms with Gasteiger partial charge in [0.05, 0.1) is 18.4 Å². The lowest BCUT2D eigenvalue weighted by molar-refractivity contribution is -0.164. The molecule has 3 rings (SSSR count). The van der Waals surface area contributed by atoms with Crippen molar-refractivity contribution >= 4 is 11.9 Å². The molecule has 0 saturated heterocycles. The summed E-state index contributed by atoms with van der Waals surface area (Å²) in [5.74, 6) is -3.57. The second kappa shape index (κ2) is 7.49. The molecule has 130 valence electrons. The Morgan fingerprint density at radius 2 is 1.32 bits per heavy atom. The van der Waals surface area contributed by atoms with Crippen molar-refractivity contribution in [3.63, 3.8) is 0 Å². The first kappa shape index (κ1) is 17.2. The number of esters is 1. The molecule has 5 nitrogen and oxygen atoms in total. The fourth-order valence-electron chi connectivity index (χ4n) is 3.77. The summed E-state index contributed by atoms with van der Waals surface area (Å²) in [6, 6.07) is 18.4. The van der Waals surface area contributed by atoms with Gasteiger partial charge in [-0.3, -0.25) is 9.59 Å². The third kappa shape index (κ3) is 3.28. The molecule has 1 fully saturated rings. The number of carboxylic acids is 1. The van der Waals surface area contributed by atoms with E-state index in [0.717, 1.165) is 11.1 Å². The van der Waals surface area contributed by atoms with E-state index in [-0.39, 0.29) is 13.2 Å². The Morgan fingerprint density at radius 1 is 0.840 bits per heavy atom.